The van der Waals surface area contributed by atoms with Crippen molar-refractivity contribution in [1.29, 1.82) is 0 Å². The van der Waals surface area contributed by atoms with Crippen molar-refractivity contribution in [2.75, 3.05) is 5.32 Å². The highest BCUT2D eigenvalue weighted by Crippen LogP contribution is 2.27. The van der Waals surface area contributed by atoms with Crippen molar-refractivity contribution in [3.8, 4) is 11.5 Å². The number of hydrogen-bond acceptors (Lipinski definition) is 6. The Bertz CT molecular complexity index is 1180. The van der Waals surface area contributed by atoms with E-state index in [1.54, 1.807) is 18.2 Å². The zero-order valence-corrected chi connectivity index (χ0v) is 14.1. The lowest BCUT2D eigenvalue weighted by molar-refractivity contribution is -0.402. The molecule has 0 aliphatic rings. The Hall–Kier alpha value is -3.94. The Kier molecular flexibility index (Phi) is 3.92. The molecule has 0 bridgehead atoms. The van der Waals surface area contributed by atoms with Gasteiger partial charge in [0.2, 0.25) is 5.89 Å². The van der Waals surface area contributed by atoms with Crippen LogP contribution in [0.1, 0.15) is 16.1 Å². The maximum atomic E-state index is 12.2. The van der Waals surface area contributed by atoms with Crippen LogP contribution in [0, 0.1) is 17.0 Å². The first-order chi connectivity index (χ1) is 13.0. The van der Waals surface area contributed by atoms with Crippen LogP contribution in [0.5, 0.6) is 0 Å². The van der Waals surface area contributed by atoms with Gasteiger partial charge in [0, 0.05) is 11.3 Å². The SMILES string of the molecule is Cc1ccc2nc(-c3cccc(NC(=O)c4ccc([N+](=O)[O-])o4)c3)oc2c1. The van der Waals surface area contributed by atoms with Crippen LogP contribution in [0.3, 0.4) is 0 Å². The van der Waals surface area contributed by atoms with Gasteiger partial charge in [-0.2, -0.15) is 0 Å². The molecule has 0 radical (unpaired) electrons. The number of nitrogens with one attached hydrogen (secondary N) is 1. The molecule has 2 aromatic carbocycles. The smallest absolute Gasteiger partial charge is 0.433 e. The first-order valence-corrected chi connectivity index (χ1v) is 8.03. The second-order valence-electron chi connectivity index (χ2n) is 5.92. The van der Waals surface area contributed by atoms with Crippen molar-refractivity contribution < 1.29 is 18.6 Å². The van der Waals surface area contributed by atoms with Crippen molar-refractivity contribution in [3.05, 3.63) is 76.0 Å². The maximum Gasteiger partial charge on any atom is 0.433 e. The monoisotopic (exact) mass is 363 g/mol. The Morgan fingerprint density at radius 2 is 1.96 bits per heavy atom. The van der Waals surface area contributed by atoms with Gasteiger partial charge < -0.3 is 14.2 Å². The topological polar surface area (TPSA) is 111 Å². The molecule has 0 aliphatic carbocycles. The number of aromatic nitrogens is 1. The number of amides is 1. The van der Waals surface area contributed by atoms with Crippen molar-refractivity contribution in [1.82, 2.24) is 4.98 Å². The van der Waals surface area contributed by atoms with E-state index >= 15 is 0 Å². The molecule has 8 nitrogen and oxygen atoms in total. The minimum absolute atomic E-state index is 0.149. The number of rotatable bonds is 4. The van der Waals surface area contributed by atoms with Gasteiger partial charge in [0.1, 0.15) is 10.4 Å². The van der Waals surface area contributed by atoms with Gasteiger partial charge in [0.25, 0.3) is 5.91 Å². The lowest BCUT2D eigenvalue weighted by Gasteiger charge is -2.04. The zero-order valence-electron chi connectivity index (χ0n) is 14.1. The third kappa shape index (κ3) is 3.28. The molecule has 2 heterocycles. The van der Waals surface area contributed by atoms with Crippen LogP contribution in [-0.4, -0.2) is 15.8 Å². The molecule has 4 aromatic rings. The van der Waals surface area contributed by atoms with E-state index in [1.165, 1.54) is 6.07 Å². The summed E-state index contributed by atoms with van der Waals surface area (Å²) in [6.45, 7) is 1.97. The number of aryl methyl sites for hydroxylation is 1. The summed E-state index contributed by atoms with van der Waals surface area (Å²) in [5.74, 6) is -0.797. The minimum atomic E-state index is -0.702. The van der Waals surface area contributed by atoms with Crippen LogP contribution in [0.15, 0.2) is 63.4 Å². The minimum Gasteiger partial charge on any atom is -0.436 e. The molecule has 0 fully saturated rings. The lowest BCUT2D eigenvalue weighted by atomic mass is 10.2. The Balaban J connectivity index is 1.59. The van der Waals surface area contributed by atoms with Gasteiger partial charge in [-0.1, -0.05) is 12.1 Å². The van der Waals surface area contributed by atoms with Crippen molar-refractivity contribution in [2.45, 2.75) is 6.92 Å². The number of anilines is 1. The first-order valence-electron chi connectivity index (χ1n) is 8.03. The van der Waals surface area contributed by atoms with Crippen molar-refractivity contribution in [3.63, 3.8) is 0 Å². The molecule has 0 unspecified atom stereocenters. The first kappa shape index (κ1) is 16.5. The van der Waals surface area contributed by atoms with E-state index in [-0.39, 0.29) is 5.76 Å². The predicted octanol–water partition coefficient (Wildman–Crippen LogP) is 4.56. The van der Waals surface area contributed by atoms with Gasteiger partial charge in [-0.15, -0.1) is 0 Å². The Morgan fingerprint density at radius 3 is 2.74 bits per heavy atom. The second-order valence-corrected chi connectivity index (χ2v) is 5.92. The van der Waals surface area contributed by atoms with Crippen LogP contribution < -0.4 is 5.32 Å². The molecule has 2 aromatic heterocycles. The Morgan fingerprint density at radius 1 is 1.11 bits per heavy atom. The van der Waals surface area contributed by atoms with E-state index in [9.17, 15) is 14.9 Å². The quantitative estimate of drug-likeness (QED) is 0.420. The number of furan rings is 1. The fraction of sp³-hybridized carbons (Fsp3) is 0.0526. The number of benzene rings is 2. The molecule has 134 valence electrons. The van der Waals surface area contributed by atoms with E-state index in [1.807, 2.05) is 31.2 Å². The zero-order chi connectivity index (χ0) is 19.0. The summed E-state index contributed by atoms with van der Waals surface area (Å²) in [4.78, 5) is 26.6. The Labute approximate surface area is 152 Å². The second kappa shape index (κ2) is 6.41. The van der Waals surface area contributed by atoms with E-state index in [0.717, 1.165) is 17.1 Å². The number of fused-ring (bicyclic) bond motifs is 1. The van der Waals surface area contributed by atoms with E-state index in [4.69, 9.17) is 8.83 Å². The van der Waals surface area contributed by atoms with Crippen LogP contribution in [0.2, 0.25) is 0 Å². The van der Waals surface area contributed by atoms with E-state index in [2.05, 4.69) is 10.3 Å². The largest absolute Gasteiger partial charge is 0.436 e. The summed E-state index contributed by atoms with van der Waals surface area (Å²) in [5.41, 5.74) is 3.66. The van der Waals surface area contributed by atoms with Crippen LogP contribution in [0.4, 0.5) is 11.6 Å². The average molecular weight is 363 g/mol. The van der Waals surface area contributed by atoms with Crippen LogP contribution in [-0.2, 0) is 0 Å². The van der Waals surface area contributed by atoms with Gasteiger partial charge >= 0.3 is 5.88 Å². The fourth-order valence-electron chi connectivity index (χ4n) is 2.63. The van der Waals surface area contributed by atoms with E-state index in [0.29, 0.717) is 22.7 Å². The highest BCUT2D eigenvalue weighted by atomic mass is 16.6. The van der Waals surface area contributed by atoms with Crippen molar-refractivity contribution >= 4 is 28.6 Å². The summed E-state index contributed by atoms with van der Waals surface area (Å²) in [6.07, 6.45) is 0. The molecule has 1 amide bonds. The summed E-state index contributed by atoms with van der Waals surface area (Å²) in [7, 11) is 0. The number of nitro groups is 1. The molecule has 0 spiro atoms. The predicted molar refractivity (Wildman–Crippen MR) is 97.5 cm³/mol. The van der Waals surface area contributed by atoms with Crippen LogP contribution >= 0.6 is 0 Å². The maximum absolute atomic E-state index is 12.2. The number of nitrogens with zero attached hydrogens (tertiary/aromatic N) is 2. The van der Waals surface area contributed by atoms with Gasteiger partial charge in [0.15, 0.2) is 11.3 Å². The highest BCUT2D eigenvalue weighted by Gasteiger charge is 2.18. The third-order valence-electron chi connectivity index (χ3n) is 3.91. The third-order valence-corrected chi connectivity index (χ3v) is 3.91. The summed E-state index contributed by atoms with van der Waals surface area (Å²) < 4.78 is 10.7. The summed E-state index contributed by atoms with van der Waals surface area (Å²) in [6, 6.07) is 15.1. The van der Waals surface area contributed by atoms with Gasteiger partial charge in [-0.05, 0) is 48.9 Å². The number of hydrogen-bond donors (Lipinski definition) is 1. The van der Waals surface area contributed by atoms with Gasteiger partial charge in [-0.25, -0.2) is 4.98 Å². The lowest BCUT2D eigenvalue weighted by Crippen LogP contribution is -2.10. The van der Waals surface area contributed by atoms with Crippen LogP contribution in [0.25, 0.3) is 22.6 Å². The number of carbonyl (C=O) groups is 1. The molecule has 0 saturated carbocycles. The molecular weight excluding hydrogens is 350 g/mol. The molecule has 1 N–H and O–H groups in total. The van der Waals surface area contributed by atoms with Crippen molar-refractivity contribution in [2.24, 2.45) is 0 Å². The normalized spacial score (nSPS) is 10.9. The molecule has 0 atom stereocenters. The number of oxazole rings is 1. The summed E-state index contributed by atoms with van der Waals surface area (Å²) in [5, 5.41) is 13.3. The number of carbonyl (C=O) groups excluding carboxylic acids is 1. The standard InChI is InChI=1S/C19H13N3O5/c1-11-5-6-14-16(9-11)27-19(21-14)12-3-2-4-13(10-12)20-18(23)15-7-8-17(26-15)22(24)25/h2-10H,1H3,(H,20,23). The highest BCUT2D eigenvalue weighted by molar-refractivity contribution is 6.02. The molecule has 4 rings (SSSR count). The van der Waals surface area contributed by atoms with Gasteiger partial charge in [0.05, 0.1) is 6.07 Å². The molecule has 27 heavy (non-hydrogen) atoms. The fourth-order valence-corrected chi connectivity index (χ4v) is 2.63. The average Bonchev–Trinajstić information content (AvgIpc) is 3.29. The van der Waals surface area contributed by atoms with E-state index < -0.39 is 16.7 Å². The molecular formula is C19H13N3O5. The van der Waals surface area contributed by atoms with Gasteiger partial charge in [-0.3, -0.25) is 14.9 Å². The summed E-state index contributed by atoms with van der Waals surface area (Å²) >= 11 is 0. The molecule has 0 saturated heterocycles. The molecule has 0 aliphatic heterocycles. The molecule has 8 heteroatoms.